The number of amides is 1. The van der Waals surface area contributed by atoms with Gasteiger partial charge < -0.3 is 20.7 Å². The van der Waals surface area contributed by atoms with Crippen molar-refractivity contribution in [3.05, 3.63) is 23.0 Å². The van der Waals surface area contributed by atoms with Crippen LogP contribution in [-0.2, 0) is 9.53 Å². The molecule has 1 unspecified atom stereocenters. The van der Waals surface area contributed by atoms with Gasteiger partial charge in [-0.1, -0.05) is 11.6 Å². The highest BCUT2D eigenvalue weighted by Gasteiger charge is 2.23. The van der Waals surface area contributed by atoms with Crippen LogP contribution in [0.3, 0.4) is 0 Å². The molecule has 1 aromatic carbocycles. The Kier molecular flexibility index (Phi) is 4.67. The molecule has 1 saturated heterocycles. The van der Waals surface area contributed by atoms with Crippen LogP contribution < -0.4 is 11.1 Å². The summed E-state index contributed by atoms with van der Waals surface area (Å²) in [6.45, 7) is 3.92. The Morgan fingerprint density at radius 2 is 2.15 bits per heavy atom. The standard InChI is InChI=1S/C13H17ClFN3O2/c1-8(13(19)18-2-4-20-5-3-18)17-12-7-10(15)9(14)6-11(12)16/h6-8,17H,2-5,16H2,1H3. The molecule has 0 aliphatic carbocycles. The van der Waals surface area contributed by atoms with E-state index < -0.39 is 11.9 Å². The molecule has 1 amide bonds. The van der Waals surface area contributed by atoms with Crippen LogP contribution in [0.25, 0.3) is 0 Å². The Morgan fingerprint density at radius 3 is 2.80 bits per heavy atom. The molecule has 1 aliphatic heterocycles. The molecule has 0 bridgehead atoms. The molecule has 1 heterocycles. The van der Waals surface area contributed by atoms with Crippen LogP contribution in [0.4, 0.5) is 15.8 Å². The molecule has 0 aromatic heterocycles. The second-order valence-electron chi connectivity index (χ2n) is 4.66. The number of rotatable bonds is 3. The van der Waals surface area contributed by atoms with Crippen molar-refractivity contribution in [1.29, 1.82) is 0 Å². The van der Waals surface area contributed by atoms with Gasteiger partial charge in [-0.3, -0.25) is 4.79 Å². The van der Waals surface area contributed by atoms with Crippen molar-refractivity contribution in [2.45, 2.75) is 13.0 Å². The number of anilines is 2. The summed E-state index contributed by atoms with van der Waals surface area (Å²) in [5.41, 5.74) is 6.42. The Bertz CT molecular complexity index is 507. The third kappa shape index (κ3) is 3.32. The minimum absolute atomic E-state index is 0.0415. The van der Waals surface area contributed by atoms with Crippen LogP contribution in [0.5, 0.6) is 0 Å². The quantitative estimate of drug-likeness (QED) is 0.834. The van der Waals surface area contributed by atoms with Crippen molar-refractivity contribution in [2.24, 2.45) is 0 Å². The second kappa shape index (κ2) is 6.28. The van der Waals surface area contributed by atoms with E-state index in [0.29, 0.717) is 37.7 Å². The third-order valence-corrected chi connectivity index (χ3v) is 3.45. The molecule has 7 heteroatoms. The van der Waals surface area contributed by atoms with Crippen LogP contribution in [0.1, 0.15) is 6.92 Å². The van der Waals surface area contributed by atoms with Crippen molar-refractivity contribution in [2.75, 3.05) is 37.4 Å². The highest BCUT2D eigenvalue weighted by molar-refractivity contribution is 6.31. The van der Waals surface area contributed by atoms with Crippen LogP contribution in [-0.4, -0.2) is 43.2 Å². The molecule has 0 spiro atoms. The van der Waals surface area contributed by atoms with Gasteiger partial charge in [-0.25, -0.2) is 4.39 Å². The van der Waals surface area contributed by atoms with E-state index in [1.165, 1.54) is 12.1 Å². The second-order valence-corrected chi connectivity index (χ2v) is 5.06. The van der Waals surface area contributed by atoms with Gasteiger partial charge in [0.15, 0.2) is 0 Å². The maximum Gasteiger partial charge on any atom is 0.244 e. The SMILES string of the molecule is CC(Nc1cc(F)c(Cl)cc1N)C(=O)N1CCOCC1. The van der Waals surface area contributed by atoms with E-state index in [-0.39, 0.29) is 10.9 Å². The van der Waals surface area contributed by atoms with Gasteiger partial charge in [0.1, 0.15) is 11.9 Å². The lowest BCUT2D eigenvalue weighted by Crippen LogP contribution is -2.47. The minimum atomic E-state index is -0.575. The molecule has 0 radical (unpaired) electrons. The van der Waals surface area contributed by atoms with E-state index in [4.69, 9.17) is 22.1 Å². The number of carbonyl (C=O) groups is 1. The molecular formula is C13H17ClFN3O2. The van der Waals surface area contributed by atoms with E-state index >= 15 is 0 Å². The van der Waals surface area contributed by atoms with Gasteiger partial charge in [-0.2, -0.15) is 0 Å². The maximum atomic E-state index is 13.4. The molecule has 3 N–H and O–H groups in total. The van der Waals surface area contributed by atoms with Gasteiger partial charge in [-0.15, -0.1) is 0 Å². The maximum absolute atomic E-state index is 13.4. The number of halogens is 2. The summed E-state index contributed by atoms with van der Waals surface area (Å²) in [4.78, 5) is 13.9. The number of hydrogen-bond acceptors (Lipinski definition) is 4. The fourth-order valence-corrected chi connectivity index (χ4v) is 2.21. The van der Waals surface area contributed by atoms with Crippen molar-refractivity contribution in [3.63, 3.8) is 0 Å². The summed E-state index contributed by atoms with van der Waals surface area (Å²) in [5.74, 6) is -0.641. The number of benzene rings is 1. The lowest BCUT2D eigenvalue weighted by atomic mass is 10.2. The summed E-state index contributed by atoms with van der Waals surface area (Å²) < 4.78 is 18.6. The molecule has 110 valence electrons. The first kappa shape index (κ1) is 14.9. The summed E-state index contributed by atoms with van der Waals surface area (Å²) in [6, 6.07) is 2.02. The molecule has 20 heavy (non-hydrogen) atoms. The van der Waals surface area contributed by atoms with Crippen LogP contribution >= 0.6 is 11.6 Å². The molecular weight excluding hydrogens is 285 g/mol. The summed E-state index contributed by atoms with van der Waals surface area (Å²) >= 11 is 5.63. The molecule has 1 atom stereocenters. The molecule has 2 rings (SSSR count). The average Bonchev–Trinajstić information content (AvgIpc) is 2.44. The van der Waals surface area contributed by atoms with E-state index in [1.54, 1.807) is 11.8 Å². The van der Waals surface area contributed by atoms with E-state index in [0.717, 1.165) is 0 Å². The average molecular weight is 302 g/mol. The number of ether oxygens (including phenoxy) is 1. The topological polar surface area (TPSA) is 67.6 Å². The zero-order valence-electron chi connectivity index (χ0n) is 11.2. The van der Waals surface area contributed by atoms with Crippen LogP contribution in [0.2, 0.25) is 5.02 Å². The zero-order valence-corrected chi connectivity index (χ0v) is 11.9. The predicted molar refractivity (Wildman–Crippen MR) is 76.3 cm³/mol. The summed E-state index contributed by atoms with van der Waals surface area (Å²) in [7, 11) is 0. The molecule has 0 saturated carbocycles. The first-order valence-electron chi connectivity index (χ1n) is 6.36. The Balaban J connectivity index is 2.05. The van der Waals surface area contributed by atoms with Crippen molar-refractivity contribution >= 4 is 28.9 Å². The molecule has 5 nitrogen and oxygen atoms in total. The summed E-state index contributed by atoms with van der Waals surface area (Å²) in [5, 5.41) is 2.88. The highest BCUT2D eigenvalue weighted by atomic mass is 35.5. The van der Waals surface area contributed by atoms with E-state index in [2.05, 4.69) is 5.32 Å². The van der Waals surface area contributed by atoms with Gasteiger partial charge in [0.25, 0.3) is 0 Å². The normalized spacial score (nSPS) is 16.9. The smallest absolute Gasteiger partial charge is 0.244 e. The van der Waals surface area contributed by atoms with Gasteiger partial charge in [0, 0.05) is 19.2 Å². The fourth-order valence-electron chi connectivity index (χ4n) is 2.04. The lowest BCUT2D eigenvalue weighted by Gasteiger charge is -2.30. The number of carbonyl (C=O) groups excluding carboxylic acids is 1. The molecule has 1 fully saturated rings. The molecule has 1 aromatic rings. The lowest BCUT2D eigenvalue weighted by molar-refractivity contribution is -0.135. The molecule has 1 aliphatic rings. The van der Waals surface area contributed by atoms with Crippen molar-refractivity contribution in [1.82, 2.24) is 4.90 Å². The number of nitrogen functional groups attached to an aromatic ring is 1. The predicted octanol–water partition coefficient (Wildman–Crippen LogP) is 1.72. The van der Waals surface area contributed by atoms with E-state index in [9.17, 15) is 9.18 Å². The van der Waals surface area contributed by atoms with Crippen molar-refractivity contribution < 1.29 is 13.9 Å². The Morgan fingerprint density at radius 1 is 1.50 bits per heavy atom. The van der Waals surface area contributed by atoms with Gasteiger partial charge in [0.2, 0.25) is 5.91 Å². The number of nitrogens with zero attached hydrogens (tertiary/aromatic N) is 1. The number of nitrogens with two attached hydrogens (primary N) is 1. The van der Waals surface area contributed by atoms with Gasteiger partial charge >= 0.3 is 0 Å². The monoisotopic (exact) mass is 301 g/mol. The first-order chi connectivity index (χ1) is 9.49. The minimum Gasteiger partial charge on any atom is -0.397 e. The van der Waals surface area contributed by atoms with Gasteiger partial charge in [0.05, 0.1) is 29.6 Å². The number of hydrogen-bond donors (Lipinski definition) is 2. The summed E-state index contributed by atoms with van der Waals surface area (Å²) in [6.07, 6.45) is 0. The number of nitrogens with one attached hydrogen (secondary N) is 1. The Labute approximate surface area is 121 Å². The zero-order chi connectivity index (χ0) is 14.7. The highest BCUT2D eigenvalue weighted by Crippen LogP contribution is 2.26. The fraction of sp³-hybridized carbons (Fsp3) is 0.462. The first-order valence-corrected chi connectivity index (χ1v) is 6.74. The largest absolute Gasteiger partial charge is 0.397 e. The van der Waals surface area contributed by atoms with Crippen molar-refractivity contribution in [3.8, 4) is 0 Å². The van der Waals surface area contributed by atoms with Crippen LogP contribution in [0, 0.1) is 5.82 Å². The Hall–Kier alpha value is -1.53. The van der Waals surface area contributed by atoms with Crippen LogP contribution in [0.15, 0.2) is 12.1 Å². The third-order valence-electron chi connectivity index (χ3n) is 3.16. The van der Waals surface area contributed by atoms with E-state index in [1.807, 2.05) is 0 Å². The van der Waals surface area contributed by atoms with Gasteiger partial charge in [-0.05, 0) is 13.0 Å². The number of morpholine rings is 1.